The molecule has 126 valence electrons. The third-order valence-corrected chi connectivity index (χ3v) is 4.28. The molecule has 25 heavy (non-hydrogen) atoms. The first-order valence-corrected chi connectivity index (χ1v) is 8.25. The fourth-order valence-corrected chi connectivity index (χ4v) is 2.79. The van der Waals surface area contributed by atoms with Gasteiger partial charge < -0.3 is 14.7 Å². The summed E-state index contributed by atoms with van der Waals surface area (Å²) in [7, 11) is 0. The molecule has 6 nitrogen and oxygen atoms in total. The minimum Gasteiger partial charge on any atom is -0.339 e. The van der Waals surface area contributed by atoms with Crippen LogP contribution in [0.25, 0.3) is 11.4 Å². The molecule has 0 saturated carbocycles. The molecule has 6 heteroatoms. The predicted molar refractivity (Wildman–Crippen MR) is 92.7 cm³/mol. The van der Waals surface area contributed by atoms with Crippen molar-refractivity contribution in [2.45, 2.75) is 12.5 Å². The highest BCUT2D eigenvalue weighted by atomic mass is 16.5. The van der Waals surface area contributed by atoms with Crippen molar-refractivity contribution in [1.82, 2.24) is 20.4 Å². The zero-order valence-corrected chi connectivity index (χ0v) is 13.6. The number of rotatable bonds is 4. The number of nitrogens with zero attached hydrogens (tertiary/aromatic N) is 3. The maximum atomic E-state index is 12.2. The van der Waals surface area contributed by atoms with Crippen LogP contribution in [0, 0.1) is 0 Å². The van der Waals surface area contributed by atoms with Gasteiger partial charge in [-0.2, -0.15) is 4.98 Å². The Morgan fingerprint density at radius 3 is 2.48 bits per heavy atom. The molecule has 0 spiro atoms. The summed E-state index contributed by atoms with van der Waals surface area (Å²) < 4.78 is 5.36. The topological polar surface area (TPSA) is 71.3 Å². The molecule has 3 aromatic rings. The van der Waals surface area contributed by atoms with E-state index in [4.69, 9.17) is 4.52 Å². The second-order valence-corrected chi connectivity index (χ2v) is 6.07. The standard InChI is InChI=1S/C19H18N4O2/c24-19(20-11-14-7-3-1-4-8-14)23-12-16(13-23)18-21-17(22-25-18)15-9-5-2-6-10-15/h1-10,16H,11-13H2,(H,20,24). The van der Waals surface area contributed by atoms with Crippen LogP contribution in [0.5, 0.6) is 0 Å². The molecule has 2 heterocycles. The number of likely N-dealkylation sites (tertiary alicyclic amines) is 1. The van der Waals surface area contributed by atoms with Crippen LogP contribution in [0.4, 0.5) is 4.79 Å². The first-order valence-electron chi connectivity index (χ1n) is 8.25. The first-order chi connectivity index (χ1) is 12.3. The number of aromatic nitrogens is 2. The molecular formula is C19H18N4O2. The second kappa shape index (κ2) is 6.76. The van der Waals surface area contributed by atoms with Crippen molar-refractivity contribution in [3.63, 3.8) is 0 Å². The summed E-state index contributed by atoms with van der Waals surface area (Å²) in [6.45, 7) is 1.72. The van der Waals surface area contributed by atoms with Crippen molar-refractivity contribution in [3.05, 3.63) is 72.1 Å². The van der Waals surface area contributed by atoms with Crippen LogP contribution < -0.4 is 5.32 Å². The molecule has 0 aliphatic carbocycles. The highest BCUT2D eigenvalue weighted by molar-refractivity contribution is 5.75. The fraction of sp³-hybridized carbons (Fsp3) is 0.211. The molecule has 0 bridgehead atoms. The van der Waals surface area contributed by atoms with E-state index in [-0.39, 0.29) is 11.9 Å². The van der Waals surface area contributed by atoms with Crippen LogP contribution in [0.3, 0.4) is 0 Å². The van der Waals surface area contributed by atoms with Gasteiger partial charge in [0.2, 0.25) is 11.7 Å². The van der Waals surface area contributed by atoms with Crippen LogP contribution in [0.2, 0.25) is 0 Å². The van der Waals surface area contributed by atoms with Crippen LogP contribution in [0.1, 0.15) is 17.4 Å². The summed E-state index contributed by atoms with van der Waals surface area (Å²) in [5.41, 5.74) is 2.01. The van der Waals surface area contributed by atoms with Crippen molar-refractivity contribution in [1.29, 1.82) is 0 Å². The average molecular weight is 334 g/mol. The van der Waals surface area contributed by atoms with Gasteiger partial charge in [0, 0.05) is 25.2 Å². The van der Waals surface area contributed by atoms with E-state index in [2.05, 4.69) is 15.5 Å². The smallest absolute Gasteiger partial charge is 0.317 e. The maximum Gasteiger partial charge on any atom is 0.317 e. The summed E-state index contributed by atoms with van der Waals surface area (Å²) in [4.78, 5) is 18.4. The second-order valence-electron chi connectivity index (χ2n) is 6.07. The number of benzene rings is 2. The third-order valence-electron chi connectivity index (χ3n) is 4.28. The molecule has 1 fully saturated rings. The number of urea groups is 1. The molecule has 1 aliphatic heterocycles. The Balaban J connectivity index is 1.30. The van der Waals surface area contributed by atoms with Crippen LogP contribution in [0.15, 0.2) is 65.2 Å². The number of hydrogen-bond acceptors (Lipinski definition) is 4. The minimum absolute atomic E-state index is 0.0668. The number of amides is 2. The molecule has 0 atom stereocenters. The zero-order valence-electron chi connectivity index (χ0n) is 13.6. The Labute approximate surface area is 145 Å². The summed E-state index contributed by atoms with van der Waals surface area (Å²) >= 11 is 0. The van der Waals surface area contributed by atoms with E-state index >= 15 is 0 Å². The van der Waals surface area contributed by atoms with Gasteiger partial charge in [0.1, 0.15) is 0 Å². The van der Waals surface area contributed by atoms with Crippen molar-refractivity contribution in [2.75, 3.05) is 13.1 Å². The summed E-state index contributed by atoms with van der Waals surface area (Å²) in [5.74, 6) is 1.28. The van der Waals surface area contributed by atoms with E-state index in [0.29, 0.717) is 31.3 Å². The maximum absolute atomic E-state index is 12.2. The molecule has 2 amide bonds. The highest BCUT2D eigenvalue weighted by Crippen LogP contribution is 2.27. The lowest BCUT2D eigenvalue weighted by Gasteiger charge is -2.36. The number of carbonyl (C=O) groups is 1. The van der Waals surface area contributed by atoms with Gasteiger partial charge in [0.05, 0.1) is 5.92 Å². The average Bonchev–Trinajstić information content (AvgIpc) is 3.10. The Bertz CT molecular complexity index is 842. The van der Waals surface area contributed by atoms with Gasteiger partial charge in [-0.25, -0.2) is 4.79 Å². The van der Waals surface area contributed by atoms with Gasteiger partial charge in [-0.3, -0.25) is 0 Å². The minimum atomic E-state index is -0.0668. The predicted octanol–water partition coefficient (Wildman–Crippen LogP) is 3.05. The van der Waals surface area contributed by atoms with E-state index in [1.165, 1.54) is 0 Å². The lowest BCUT2D eigenvalue weighted by molar-refractivity contribution is 0.136. The van der Waals surface area contributed by atoms with Gasteiger partial charge in [-0.15, -0.1) is 0 Å². The third kappa shape index (κ3) is 3.38. The van der Waals surface area contributed by atoms with E-state index in [1.54, 1.807) is 4.90 Å². The molecule has 1 aromatic heterocycles. The van der Waals surface area contributed by atoms with Gasteiger partial charge in [-0.1, -0.05) is 65.8 Å². The summed E-state index contributed by atoms with van der Waals surface area (Å²) in [6, 6.07) is 19.5. The normalized spacial score (nSPS) is 14.2. The molecule has 1 N–H and O–H groups in total. The van der Waals surface area contributed by atoms with Crippen LogP contribution in [-0.2, 0) is 6.54 Å². The Hall–Kier alpha value is -3.15. The summed E-state index contributed by atoms with van der Waals surface area (Å²) in [5, 5.41) is 6.95. The van der Waals surface area contributed by atoms with Crippen molar-refractivity contribution < 1.29 is 9.32 Å². The van der Waals surface area contributed by atoms with Crippen molar-refractivity contribution in [2.24, 2.45) is 0 Å². The Morgan fingerprint density at radius 1 is 1.08 bits per heavy atom. The van der Waals surface area contributed by atoms with Gasteiger partial charge >= 0.3 is 6.03 Å². The monoisotopic (exact) mass is 334 g/mol. The molecule has 0 radical (unpaired) electrons. The van der Waals surface area contributed by atoms with Crippen molar-refractivity contribution in [3.8, 4) is 11.4 Å². The number of hydrogen-bond donors (Lipinski definition) is 1. The molecule has 4 rings (SSSR count). The van der Waals surface area contributed by atoms with E-state index in [9.17, 15) is 4.79 Å². The Kier molecular flexibility index (Phi) is 4.16. The Morgan fingerprint density at radius 2 is 1.76 bits per heavy atom. The largest absolute Gasteiger partial charge is 0.339 e. The van der Waals surface area contributed by atoms with E-state index in [1.807, 2.05) is 60.7 Å². The lowest BCUT2D eigenvalue weighted by Crippen LogP contribution is -2.52. The van der Waals surface area contributed by atoms with Gasteiger partial charge in [0.15, 0.2) is 0 Å². The van der Waals surface area contributed by atoms with E-state index < -0.39 is 0 Å². The lowest BCUT2D eigenvalue weighted by atomic mass is 10.0. The molecule has 1 aliphatic rings. The highest BCUT2D eigenvalue weighted by Gasteiger charge is 2.35. The first kappa shape index (κ1) is 15.4. The molecule has 1 saturated heterocycles. The molecule has 0 unspecified atom stereocenters. The summed E-state index contributed by atoms with van der Waals surface area (Å²) in [6.07, 6.45) is 0. The van der Waals surface area contributed by atoms with E-state index in [0.717, 1.165) is 11.1 Å². The van der Waals surface area contributed by atoms with Crippen molar-refractivity contribution >= 4 is 6.03 Å². The van der Waals surface area contributed by atoms with Crippen LogP contribution in [-0.4, -0.2) is 34.2 Å². The van der Waals surface area contributed by atoms with Gasteiger partial charge in [-0.05, 0) is 5.56 Å². The van der Waals surface area contributed by atoms with Gasteiger partial charge in [0.25, 0.3) is 0 Å². The van der Waals surface area contributed by atoms with Crippen LogP contribution >= 0.6 is 0 Å². The zero-order chi connectivity index (χ0) is 17.1. The fourth-order valence-electron chi connectivity index (χ4n) is 2.79. The quantitative estimate of drug-likeness (QED) is 0.796. The SMILES string of the molecule is O=C(NCc1ccccc1)N1CC(c2nc(-c3ccccc3)no2)C1. The molecule has 2 aromatic carbocycles. The number of nitrogens with one attached hydrogen (secondary N) is 1. The number of carbonyl (C=O) groups excluding carboxylic acids is 1. The molecular weight excluding hydrogens is 316 g/mol.